The number of guanidine groups is 1. The van der Waals surface area contributed by atoms with Crippen molar-refractivity contribution < 1.29 is 14.7 Å². The number of nitrogens with one attached hydrogen (secondary N) is 1. The maximum absolute atomic E-state index is 12.1. The first kappa shape index (κ1) is 15.3. The van der Waals surface area contributed by atoms with E-state index in [4.69, 9.17) is 5.11 Å². The van der Waals surface area contributed by atoms with Crippen molar-refractivity contribution in [2.45, 2.75) is 38.1 Å². The van der Waals surface area contributed by atoms with Crippen LogP contribution in [0.3, 0.4) is 0 Å². The summed E-state index contributed by atoms with van der Waals surface area (Å²) >= 11 is 0. The van der Waals surface area contributed by atoms with Crippen molar-refractivity contribution in [1.82, 2.24) is 15.1 Å². The molecule has 1 saturated carbocycles. The van der Waals surface area contributed by atoms with E-state index < -0.39 is 6.09 Å². The Bertz CT molecular complexity index is 362. The summed E-state index contributed by atoms with van der Waals surface area (Å²) in [4.78, 5) is 28.8. The van der Waals surface area contributed by atoms with Gasteiger partial charge in [0, 0.05) is 27.2 Å². The number of nitrogens with zero attached hydrogens (tertiary/aromatic N) is 3. The van der Waals surface area contributed by atoms with Gasteiger partial charge in [-0.05, 0) is 12.8 Å². The molecule has 1 aliphatic carbocycles. The van der Waals surface area contributed by atoms with Crippen LogP contribution >= 0.6 is 0 Å². The standard InChI is InChI=1S/C12H22N4O3/c1-15(2)10(14-12(18)19)16(3)11(17)13-9-7-5-4-6-8-9/h9H,4-8H2,1-3H3,(H,13,17)(H,18,19). The second-order valence-corrected chi connectivity index (χ2v) is 4.93. The SMILES string of the molecule is CN(C)C(=NC(=O)O)N(C)C(=O)NC1CCCCC1. The van der Waals surface area contributed by atoms with Crippen LogP contribution in [0.2, 0.25) is 0 Å². The van der Waals surface area contributed by atoms with E-state index in [1.165, 1.54) is 23.3 Å². The number of hydrogen-bond donors (Lipinski definition) is 2. The molecule has 1 aliphatic rings. The van der Waals surface area contributed by atoms with Crippen LogP contribution in [0.4, 0.5) is 9.59 Å². The van der Waals surface area contributed by atoms with Crippen LogP contribution in [0.5, 0.6) is 0 Å². The third kappa shape index (κ3) is 4.76. The Morgan fingerprint density at radius 1 is 1.16 bits per heavy atom. The third-order valence-corrected chi connectivity index (χ3v) is 3.13. The summed E-state index contributed by atoms with van der Waals surface area (Å²) in [5.74, 6) is 0.0980. The van der Waals surface area contributed by atoms with Crippen LogP contribution in [0.25, 0.3) is 0 Å². The van der Waals surface area contributed by atoms with Crippen molar-refractivity contribution in [1.29, 1.82) is 0 Å². The summed E-state index contributed by atoms with van der Waals surface area (Å²) in [6.45, 7) is 0. The second kappa shape index (κ2) is 6.96. The normalized spacial score (nSPS) is 16.9. The first-order chi connectivity index (χ1) is 8.91. The fraction of sp³-hybridized carbons (Fsp3) is 0.750. The molecule has 0 unspecified atom stereocenters. The topological polar surface area (TPSA) is 85.2 Å². The number of rotatable bonds is 1. The molecule has 0 aromatic rings. The molecule has 0 aromatic carbocycles. The van der Waals surface area contributed by atoms with E-state index in [1.54, 1.807) is 14.1 Å². The largest absolute Gasteiger partial charge is 0.463 e. The number of carbonyl (C=O) groups excluding carboxylic acids is 1. The van der Waals surface area contributed by atoms with Gasteiger partial charge in [-0.25, -0.2) is 9.59 Å². The lowest BCUT2D eigenvalue weighted by atomic mass is 9.96. The van der Waals surface area contributed by atoms with Crippen LogP contribution in [0.1, 0.15) is 32.1 Å². The molecule has 108 valence electrons. The van der Waals surface area contributed by atoms with Gasteiger partial charge in [0.05, 0.1) is 0 Å². The number of amides is 3. The average Bonchev–Trinajstić information content (AvgIpc) is 2.35. The van der Waals surface area contributed by atoms with E-state index in [2.05, 4.69) is 10.3 Å². The fourth-order valence-electron chi connectivity index (χ4n) is 2.17. The molecule has 0 aliphatic heterocycles. The number of carbonyl (C=O) groups is 2. The maximum atomic E-state index is 12.1. The average molecular weight is 270 g/mol. The van der Waals surface area contributed by atoms with Crippen molar-refractivity contribution in [3.8, 4) is 0 Å². The molecule has 0 heterocycles. The van der Waals surface area contributed by atoms with E-state index in [9.17, 15) is 9.59 Å². The van der Waals surface area contributed by atoms with Crippen LogP contribution in [-0.2, 0) is 0 Å². The number of aliphatic imine (C=N–C) groups is 1. The van der Waals surface area contributed by atoms with Crippen molar-refractivity contribution in [2.24, 2.45) is 4.99 Å². The zero-order chi connectivity index (χ0) is 14.4. The van der Waals surface area contributed by atoms with Crippen molar-refractivity contribution in [3.05, 3.63) is 0 Å². The van der Waals surface area contributed by atoms with Gasteiger partial charge in [-0.2, -0.15) is 0 Å². The minimum absolute atomic E-state index is 0.0980. The predicted octanol–water partition coefficient (Wildman–Crippen LogP) is 1.56. The van der Waals surface area contributed by atoms with E-state index in [0.29, 0.717) is 0 Å². The van der Waals surface area contributed by atoms with Gasteiger partial charge in [-0.15, -0.1) is 4.99 Å². The molecule has 19 heavy (non-hydrogen) atoms. The highest BCUT2D eigenvalue weighted by atomic mass is 16.4. The summed E-state index contributed by atoms with van der Waals surface area (Å²) in [5, 5.41) is 11.6. The lowest BCUT2D eigenvalue weighted by Crippen LogP contribution is -2.50. The van der Waals surface area contributed by atoms with Gasteiger partial charge in [0.1, 0.15) is 0 Å². The molecule has 1 rings (SSSR count). The van der Waals surface area contributed by atoms with E-state index in [1.807, 2.05) is 0 Å². The Labute approximate surface area is 113 Å². The predicted molar refractivity (Wildman–Crippen MR) is 72.3 cm³/mol. The van der Waals surface area contributed by atoms with Crippen LogP contribution in [0.15, 0.2) is 4.99 Å². The molecule has 2 N–H and O–H groups in total. The first-order valence-corrected chi connectivity index (χ1v) is 6.45. The van der Waals surface area contributed by atoms with Gasteiger partial charge in [-0.1, -0.05) is 19.3 Å². The molecule has 0 aromatic heterocycles. The minimum atomic E-state index is -1.32. The highest BCUT2D eigenvalue weighted by Gasteiger charge is 2.22. The first-order valence-electron chi connectivity index (χ1n) is 6.45. The van der Waals surface area contributed by atoms with Gasteiger partial charge >= 0.3 is 12.1 Å². The molecule has 7 heteroatoms. The molecular weight excluding hydrogens is 248 g/mol. The number of urea groups is 1. The second-order valence-electron chi connectivity index (χ2n) is 4.93. The van der Waals surface area contributed by atoms with E-state index in [0.717, 1.165) is 25.7 Å². The van der Waals surface area contributed by atoms with Crippen molar-refractivity contribution in [2.75, 3.05) is 21.1 Å². The van der Waals surface area contributed by atoms with Crippen LogP contribution in [0, 0.1) is 0 Å². The Kier molecular flexibility index (Phi) is 5.59. The van der Waals surface area contributed by atoms with E-state index in [-0.39, 0.29) is 18.0 Å². The zero-order valence-corrected chi connectivity index (χ0v) is 11.7. The number of hydrogen-bond acceptors (Lipinski definition) is 2. The molecular formula is C12H22N4O3. The molecule has 1 fully saturated rings. The summed E-state index contributed by atoms with van der Waals surface area (Å²) in [7, 11) is 4.80. The highest BCUT2D eigenvalue weighted by Crippen LogP contribution is 2.17. The fourth-order valence-corrected chi connectivity index (χ4v) is 2.17. The molecule has 0 saturated heterocycles. The Morgan fingerprint density at radius 2 is 1.74 bits per heavy atom. The summed E-state index contributed by atoms with van der Waals surface area (Å²) in [6.07, 6.45) is 4.10. The molecule has 7 nitrogen and oxygen atoms in total. The zero-order valence-electron chi connectivity index (χ0n) is 11.7. The Morgan fingerprint density at radius 3 is 2.21 bits per heavy atom. The van der Waals surface area contributed by atoms with Crippen LogP contribution < -0.4 is 5.32 Å². The molecule has 0 bridgehead atoms. The molecule has 0 spiro atoms. The van der Waals surface area contributed by atoms with Gasteiger partial charge < -0.3 is 15.3 Å². The van der Waals surface area contributed by atoms with Crippen molar-refractivity contribution >= 4 is 18.1 Å². The lowest BCUT2D eigenvalue weighted by Gasteiger charge is -2.28. The molecule has 0 atom stereocenters. The quantitative estimate of drug-likeness (QED) is 0.559. The minimum Gasteiger partial charge on any atom is -0.463 e. The van der Waals surface area contributed by atoms with Gasteiger partial charge in [0.25, 0.3) is 0 Å². The smallest absolute Gasteiger partial charge is 0.434 e. The lowest BCUT2D eigenvalue weighted by molar-refractivity contribution is 0.203. The van der Waals surface area contributed by atoms with Crippen LogP contribution in [-0.4, -0.2) is 60.2 Å². The van der Waals surface area contributed by atoms with Gasteiger partial charge in [0.2, 0.25) is 5.96 Å². The monoisotopic (exact) mass is 270 g/mol. The van der Waals surface area contributed by atoms with Gasteiger partial charge in [-0.3, -0.25) is 4.90 Å². The summed E-state index contributed by atoms with van der Waals surface area (Å²) in [6, 6.07) is -0.141. The summed E-state index contributed by atoms with van der Waals surface area (Å²) in [5.41, 5.74) is 0. The highest BCUT2D eigenvalue weighted by molar-refractivity contribution is 5.99. The number of carboxylic acid groups (broad SMARTS) is 1. The Balaban J connectivity index is 2.65. The Hall–Kier alpha value is -1.79. The summed E-state index contributed by atoms with van der Waals surface area (Å²) < 4.78 is 0. The molecule has 3 amide bonds. The van der Waals surface area contributed by atoms with Gasteiger partial charge in [0.15, 0.2) is 0 Å². The maximum Gasteiger partial charge on any atom is 0.434 e. The van der Waals surface area contributed by atoms with E-state index >= 15 is 0 Å². The molecule has 0 radical (unpaired) electrons. The third-order valence-electron chi connectivity index (χ3n) is 3.13. The van der Waals surface area contributed by atoms with Crippen molar-refractivity contribution in [3.63, 3.8) is 0 Å².